The van der Waals surface area contributed by atoms with Crippen LogP contribution in [0.25, 0.3) is 11.3 Å². The van der Waals surface area contributed by atoms with Crippen molar-refractivity contribution in [2.45, 2.75) is 19.3 Å². The van der Waals surface area contributed by atoms with Crippen molar-refractivity contribution in [3.05, 3.63) is 35.9 Å². The van der Waals surface area contributed by atoms with Crippen LogP contribution in [0.4, 0.5) is 5.82 Å². The lowest BCUT2D eigenvalue weighted by molar-refractivity contribution is 0.552. The van der Waals surface area contributed by atoms with Gasteiger partial charge in [0.15, 0.2) is 0 Å². The Balaban J connectivity index is 2.28. The van der Waals surface area contributed by atoms with E-state index in [-0.39, 0.29) is 5.75 Å². The Morgan fingerprint density at radius 1 is 1.25 bits per heavy atom. The minimum atomic E-state index is -3.02. The molecule has 0 saturated carbocycles. The molecule has 1 aromatic heterocycles. The largest absolute Gasteiger partial charge is 0.382 e. The summed E-state index contributed by atoms with van der Waals surface area (Å²) < 4.78 is 23.0. The average Bonchev–Trinajstić information content (AvgIpc) is 2.73. The number of aromatic nitrogens is 2. The molecule has 2 aromatic rings. The lowest BCUT2D eigenvalue weighted by Crippen LogP contribution is -2.27. The van der Waals surface area contributed by atoms with Crippen molar-refractivity contribution in [3.8, 4) is 11.3 Å². The van der Waals surface area contributed by atoms with Gasteiger partial charge < -0.3 is 5.73 Å². The standard InChI is InChI=1S/C14H19N3O2S/c1-14(2,9-20(3,18)19)11-6-4-10(5-7-11)12-8-13(15)17-16-12/h4-8H,9H2,1-3H3,(H3,15,16,17). The quantitative estimate of drug-likeness (QED) is 0.902. The number of nitrogens with two attached hydrogens (primary N) is 1. The first-order valence-electron chi connectivity index (χ1n) is 6.27. The van der Waals surface area contributed by atoms with Crippen LogP contribution in [0.1, 0.15) is 19.4 Å². The molecule has 0 aliphatic heterocycles. The average molecular weight is 293 g/mol. The fourth-order valence-electron chi connectivity index (χ4n) is 2.32. The molecule has 0 unspecified atom stereocenters. The number of anilines is 1. The van der Waals surface area contributed by atoms with Crippen LogP contribution in [0.15, 0.2) is 30.3 Å². The fraction of sp³-hybridized carbons (Fsp3) is 0.357. The van der Waals surface area contributed by atoms with Crippen LogP contribution < -0.4 is 5.73 Å². The van der Waals surface area contributed by atoms with Gasteiger partial charge in [0.1, 0.15) is 15.7 Å². The van der Waals surface area contributed by atoms with Crippen molar-refractivity contribution in [3.63, 3.8) is 0 Å². The van der Waals surface area contributed by atoms with Gasteiger partial charge in [-0.2, -0.15) is 5.10 Å². The Labute approximate surface area is 119 Å². The minimum Gasteiger partial charge on any atom is -0.382 e. The normalized spacial score (nSPS) is 12.6. The van der Waals surface area contributed by atoms with E-state index in [0.717, 1.165) is 16.8 Å². The molecule has 1 heterocycles. The molecular formula is C14H19N3O2S. The van der Waals surface area contributed by atoms with Gasteiger partial charge in [-0.15, -0.1) is 0 Å². The fourth-order valence-corrected chi connectivity index (χ4v) is 3.80. The van der Waals surface area contributed by atoms with Gasteiger partial charge in [0.25, 0.3) is 0 Å². The Hall–Kier alpha value is -1.82. The third kappa shape index (κ3) is 3.39. The van der Waals surface area contributed by atoms with Gasteiger partial charge >= 0.3 is 0 Å². The van der Waals surface area contributed by atoms with Crippen LogP contribution in [0, 0.1) is 0 Å². The number of hydrogen-bond acceptors (Lipinski definition) is 4. The van der Waals surface area contributed by atoms with E-state index in [2.05, 4.69) is 10.2 Å². The number of nitrogen functional groups attached to an aromatic ring is 1. The smallest absolute Gasteiger partial charge is 0.148 e. The topological polar surface area (TPSA) is 88.8 Å². The third-order valence-corrected chi connectivity index (χ3v) is 4.44. The molecule has 0 saturated heterocycles. The second kappa shape index (κ2) is 4.94. The maximum absolute atomic E-state index is 11.5. The number of sulfone groups is 1. The first-order valence-corrected chi connectivity index (χ1v) is 8.33. The zero-order chi connectivity index (χ0) is 15.0. The predicted molar refractivity (Wildman–Crippen MR) is 81.2 cm³/mol. The first-order chi connectivity index (χ1) is 9.17. The Morgan fingerprint density at radius 2 is 1.85 bits per heavy atom. The molecule has 6 heteroatoms. The molecule has 3 N–H and O–H groups in total. The van der Waals surface area contributed by atoms with E-state index in [0.29, 0.717) is 5.82 Å². The Morgan fingerprint density at radius 3 is 2.30 bits per heavy atom. The molecule has 0 atom stereocenters. The van der Waals surface area contributed by atoms with Crippen molar-refractivity contribution in [1.82, 2.24) is 10.2 Å². The molecule has 0 radical (unpaired) electrons. The minimum absolute atomic E-state index is 0.121. The van der Waals surface area contributed by atoms with E-state index < -0.39 is 15.3 Å². The van der Waals surface area contributed by atoms with Crippen LogP contribution in [-0.4, -0.2) is 30.6 Å². The van der Waals surface area contributed by atoms with Gasteiger partial charge in [0.2, 0.25) is 0 Å². The second-order valence-corrected chi connectivity index (χ2v) is 7.88. The summed E-state index contributed by atoms with van der Waals surface area (Å²) in [6.07, 6.45) is 1.26. The van der Waals surface area contributed by atoms with Gasteiger partial charge in [0, 0.05) is 17.7 Å². The first kappa shape index (κ1) is 14.6. The number of benzene rings is 1. The number of aromatic amines is 1. The molecule has 5 nitrogen and oxygen atoms in total. The summed E-state index contributed by atoms with van der Waals surface area (Å²) >= 11 is 0. The van der Waals surface area contributed by atoms with E-state index in [4.69, 9.17) is 5.73 Å². The van der Waals surface area contributed by atoms with Crippen molar-refractivity contribution < 1.29 is 8.42 Å². The van der Waals surface area contributed by atoms with Crippen molar-refractivity contribution in [2.24, 2.45) is 0 Å². The highest BCUT2D eigenvalue weighted by Gasteiger charge is 2.25. The van der Waals surface area contributed by atoms with Gasteiger partial charge in [-0.1, -0.05) is 38.1 Å². The number of H-pyrrole nitrogens is 1. The molecule has 2 rings (SSSR count). The van der Waals surface area contributed by atoms with E-state index in [1.807, 2.05) is 38.1 Å². The van der Waals surface area contributed by atoms with E-state index >= 15 is 0 Å². The summed E-state index contributed by atoms with van der Waals surface area (Å²) in [4.78, 5) is 0. The number of nitrogens with one attached hydrogen (secondary N) is 1. The van der Waals surface area contributed by atoms with Gasteiger partial charge in [-0.3, -0.25) is 5.10 Å². The summed E-state index contributed by atoms with van der Waals surface area (Å²) in [5.74, 6) is 0.567. The molecule has 0 spiro atoms. The monoisotopic (exact) mass is 293 g/mol. The molecule has 20 heavy (non-hydrogen) atoms. The number of nitrogens with zero attached hydrogens (tertiary/aromatic N) is 1. The highest BCUT2D eigenvalue weighted by Crippen LogP contribution is 2.27. The van der Waals surface area contributed by atoms with Gasteiger partial charge in [-0.25, -0.2) is 8.42 Å². The summed E-state index contributed by atoms with van der Waals surface area (Å²) in [6.45, 7) is 3.86. The third-order valence-electron chi connectivity index (χ3n) is 3.20. The molecule has 0 amide bonds. The maximum Gasteiger partial charge on any atom is 0.148 e. The molecule has 108 valence electrons. The molecular weight excluding hydrogens is 274 g/mol. The zero-order valence-corrected chi connectivity index (χ0v) is 12.7. The highest BCUT2D eigenvalue weighted by molar-refractivity contribution is 7.90. The second-order valence-electron chi connectivity index (χ2n) is 5.74. The molecule has 0 aliphatic rings. The number of hydrogen-bond donors (Lipinski definition) is 2. The van der Waals surface area contributed by atoms with Crippen LogP contribution in [0.5, 0.6) is 0 Å². The predicted octanol–water partition coefficient (Wildman–Crippen LogP) is 1.98. The molecule has 0 aliphatic carbocycles. The maximum atomic E-state index is 11.5. The van der Waals surface area contributed by atoms with Gasteiger partial charge in [-0.05, 0) is 11.1 Å². The summed E-state index contributed by atoms with van der Waals surface area (Å²) in [7, 11) is -3.02. The van der Waals surface area contributed by atoms with Crippen molar-refractivity contribution in [1.29, 1.82) is 0 Å². The zero-order valence-electron chi connectivity index (χ0n) is 11.8. The van der Waals surface area contributed by atoms with Gasteiger partial charge in [0.05, 0.1) is 11.4 Å². The lowest BCUT2D eigenvalue weighted by Gasteiger charge is -2.24. The summed E-state index contributed by atoms with van der Waals surface area (Å²) in [6, 6.07) is 9.52. The summed E-state index contributed by atoms with van der Waals surface area (Å²) in [5, 5.41) is 6.73. The van der Waals surface area contributed by atoms with Crippen LogP contribution >= 0.6 is 0 Å². The molecule has 0 fully saturated rings. The molecule has 0 bridgehead atoms. The lowest BCUT2D eigenvalue weighted by atomic mass is 9.86. The van der Waals surface area contributed by atoms with Crippen LogP contribution in [0.3, 0.4) is 0 Å². The SMILES string of the molecule is CC(C)(CS(C)(=O)=O)c1ccc(-c2cc(N)n[nH]2)cc1. The van der Waals surface area contributed by atoms with Crippen LogP contribution in [-0.2, 0) is 15.3 Å². The van der Waals surface area contributed by atoms with E-state index in [1.54, 1.807) is 6.07 Å². The summed E-state index contributed by atoms with van der Waals surface area (Å²) in [5.41, 5.74) is 7.95. The van der Waals surface area contributed by atoms with Crippen molar-refractivity contribution in [2.75, 3.05) is 17.7 Å². The van der Waals surface area contributed by atoms with Crippen molar-refractivity contribution >= 4 is 15.7 Å². The highest BCUT2D eigenvalue weighted by atomic mass is 32.2. The Kier molecular flexibility index (Phi) is 3.60. The van der Waals surface area contributed by atoms with E-state index in [1.165, 1.54) is 6.26 Å². The number of rotatable bonds is 4. The van der Waals surface area contributed by atoms with Crippen LogP contribution in [0.2, 0.25) is 0 Å². The van der Waals surface area contributed by atoms with E-state index in [9.17, 15) is 8.42 Å². The Bertz CT molecular complexity index is 700. The molecule has 1 aromatic carbocycles.